The maximum atomic E-state index is 12.4. The molecular formula is C26H31NO7. The van der Waals surface area contributed by atoms with Gasteiger partial charge in [0.2, 0.25) is 0 Å². The summed E-state index contributed by atoms with van der Waals surface area (Å²) in [6.45, 7) is 1.49. The summed E-state index contributed by atoms with van der Waals surface area (Å²) < 4.78 is 22.0. The molecule has 2 aromatic carbocycles. The van der Waals surface area contributed by atoms with Crippen molar-refractivity contribution in [2.24, 2.45) is 0 Å². The van der Waals surface area contributed by atoms with E-state index < -0.39 is 18.1 Å². The normalized spacial score (nSPS) is 18.1. The number of ether oxygens (including phenoxy) is 4. The van der Waals surface area contributed by atoms with Crippen molar-refractivity contribution in [3.05, 3.63) is 59.7 Å². The molecule has 34 heavy (non-hydrogen) atoms. The Hall–Kier alpha value is -2.94. The highest BCUT2D eigenvalue weighted by molar-refractivity contribution is 5.81. The van der Waals surface area contributed by atoms with E-state index in [4.69, 9.17) is 18.9 Å². The number of benzene rings is 2. The van der Waals surface area contributed by atoms with E-state index in [2.05, 4.69) is 17.4 Å². The van der Waals surface area contributed by atoms with Gasteiger partial charge in [0.05, 0.1) is 13.2 Å². The van der Waals surface area contributed by atoms with Gasteiger partial charge in [-0.2, -0.15) is 0 Å². The molecule has 2 atom stereocenters. The van der Waals surface area contributed by atoms with Crippen LogP contribution >= 0.6 is 0 Å². The van der Waals surface area contributed by atoms with Gasteiger partial charge in [0.15, 0.2) is 12.3 Å². The van der Waals surface area contributed by atoms with Gasteiger partial charge in [-0.1, -0.05) is 48.5 Å². The lowest BCUT2D eigenvalue weighted by molar-refractivity contribution is -0.164. The van der Waals surface area contributed by atoms with Crippen molar-refractivity contribution in [2.75, 3.05) is 33.0 Å². The quantitative estimate of drug-likeness (QED) is 0.481. The fraction of sp³-hybridized carbons (Fsp3) is 0.462. The fourth-order valence-corrected chi connectivity index (χ4v) is 4.38. The lowest BCUT2D eigenvalue weighted by atomic mass is 9.98. The van der Waals surface area contributed by atoms with E-state index in [1.165, 1.54) is 0 Å². The van der Waals surface area contributed by atoms with Crippen LogP contribution in [0.3, 0.4) is 0 Å². The Kier molecular flexibility index (Phi) is 8.51. The van der Waals surface area contributed by atoms with Crippen molar-refractivity contribution in [1.82, 2.24) is 5.32 Å². The summed E-state index contributed by atoms with van der Waals surface area (Å²) in [7, 11) is 0. The largest absolute Gasteiger partial charge is 0.480 e. The molecule has 2 aromatic rings. The molecule has 182 valence electrons. The van der Waals surface area contributed by atoms with Crippen LogP contribution in [-0.2, 0) is 23.7 Å². The van der Waals surface area contributed by atoms with Crippen LogP contribution in [-0.4, -0.2) is 62.5 Å². The Morgan fingerprint density at radius 1 is 1.03 bits per heavy atom. The number of alkyl carbamates (subject to hydrolysis) is 1. The average molecular weight is 470 g/mol. The number of fused-ring (bicyclic) bond motifs is 3. The first-order valence-electron chi connectivity index (χ1n) is 11.8. The number of hydrogen-bond acceptors (Lipinski definition) is 6. The Balaban J connectivity index is 1.20. The summed E-state index contributed by atoms with van der Waals surface area (Å²) in [5, 5.41) is 11.8. The van der Waals surface area contributed by atoms with E-state index in [0.717, 1.165) is 48.1 Å². The molecule has 0 aromatic heterocycles. The van der Waals surface area contributed by atoms with Gasteiger partial charge in [0.1, 0.15) is 6.61 Å². The van der Waals surface area contributed by atoms with E-state index in [-0.39, 0.29) is 25.4 Å². The van der Waals surface area contributed by atoms with Gasteiger partial charge >= 0.3 is 12.1 Å². The molecule has 1 unspecified atom stereocenters. The van der Waals surface area contributed by atoms with Gasteiger partial charge in [-0.25, -0.2) is 9.59 Å². The highest BCUT2D eigenvalue weighted by Crippen LogP contribution is 2.44. The molecule has 0 saturated carbocycles. The van der Waals surface area contributed by atoms with Gasteiger partial charge in [0.25, 0.3) is 0 Å². The highest BCUT2D eigenvalue weighted by atomic mass is 16.7. The first-order valence-corrected chi connectivity index (χ1v) is 11.8. The van der Waals surface area contributed by atoms with Gasteiger partial charge in [-0.15, -0.1) is 0 Å². The summed E-state index contributed by atoms with van der Waals surface area (Å²) in [5.41, 5.74) is 4.44. The molecule has 2 N–H and O–H groups in total. The Morgan fingerprint density at radius 2 is 1.74 bits per heavy atom. The molecule has 0 spiro atoms. The number of rotatable bonds is 11. The molecule has 4 rings (SSSR count). The van der Waals surface area contributed by atoms with Crippen LogP contribution in [0.15, 0.2) is 48.5 Å². The molecule has 1 heterocycles. The second-order valence-corrected chi connectivity index (χ2v) is 8.46. The van der Waals surface area contributed by atoms with Crippen LogP contribution in [0, 0.1) is 0 Å². The molecule has 1 aliphatic heterocycles. The third-order valence-corrected chi connectivity index (χ3v) is 6.09. The molecule has 1 saturated heterocycles. The number of carboxylic acids is 1. The maximum Gasteiger partial charge on any atom is 0.407 e. The molecule has 1 fully saturated rings. The predicted octanol–water partition coefficient (Wildman–Crippen LogP) is 3.93. The number of nitrogens with one attached hydrogen (secondary N) is 1. The number of amides is 1. The highest BCUT2D eigenvalue weighted by Gasteiger charge is 2.29. The van der Waals surface area contributed by atoms with Crippen LogP contribution in [0.4, 0.5) is 4.79 Å². The molecule has 1 amide bonds. The zero-order valence-corrected chi connectivity index (χ0v) is 19.1. The number of aliphatic carboxylic acids is 1. The van der Waals surface area contributed by atoms with Crippen molar-refractivity contribution in [3.8, 4) is 11.1 Å². The Labute approximate surface area is 199 Å². The van der Waals surface area contributed by atoms with Gasteiger partial charge < -0.3 is 29.4 Å². The van der Waals surface area contributed by atoms with Crippen molar-refractivity contribution < 1.29 is 33.6 Å². The topological polar surface area (TPSA) is 103 Å². The first kappa shape index (κ1) is 24.2. The molecule has 0 bridgehead atoms. The Morgan fingerprint density at radius 3 is 2.38 bits per heavy atom. The summed E-state index contributed by atoms with van der Waals surface area (Å²) in [6, 6.07) is 14.9. The summed E-state index contributed by atoms with van der Waals surface area (Å²) >= 11 is 0. The van der Waals surface area contributed by atoms with Gasteiger partial charge in [0, 0.05) is 19.1 Å². The lowest BCUT2D eigenvalue weighted by Crippen LogP contribution is -2.44. The molecule has 1 aliphatic carbocycles. The number of carbonyl (C=O) groups is 2. The number of carbonyl (C=O) groups excluding carboxylic acids is 1. The van der Waals surface area contributed by atoms with Crippen LogP contribution in [0.2, 0.25) is 0 Å². The van der Waals surface area contributed by atoms with Crippen molar-refractivity contribution in [1.29, 1.82) is 0 Å². The lowest BCUT2D eigenvalue weighted by Gasteiger charge is -2.22. The smallest absolute Gasteiger partial charge is 0.407 e. The zero-order chi connectivity index (χ0) is 23.8. The van der Waals surface area contributed by atoms with Gasteiger partial charge in [-0.3, -0.25) is 0 Å². The summed E-state index contributed by atoms with van der Waals surface area (Å²) in [5.74, 6) is -1.27. The average Bonchev–Trinajstić information content (AvgIpc) is 3.18. The minimum atomic E-state index is -1.20. The van der Waals surface area contributed by atoms with Crippen molar-refractivity contribution in [3.63, 3.8) is 0 Å². The van der Waals surface area contributed by atoms with Crippen molar-refractivity contribution in [2.45, 2.75) is 43.9 Å². The van der Waals surface area contributed by atoms with E-state index in [9.17, 15) is 14.7 Å². The third kappa shape index (κ3) is 6.14. The monoisotopic (exact) mass is 469 g/mol. The minimum absolute atomic E-state index is 0.0918. The van der Waals surface area contributed by atoms with E-state index in [0.29, 0.717) is 19.6 Å². The molecular weight excluding hydrogens is 438 g/mol. The fourth-order valence-electron chi connectivity index (χ4n) is 4.38. The van der Waals surface area contributed by atoms with Crippen LogP contribution in [0.25, 0.3) is 11.1 Å². The number of hydrogen-bond donors (Lipinski definition) is 2. The maximum absolute atomic E-state index is 12.4. The standard InChI is InChI=1S/C26H31NO7/c28-25(29)23(17-31-13-7-15-33-24-12-5-6-14-32-24)27-26(30)34-16-22-20-10-3-1-8-18(20)19-9-2-4-11-21(19)22/h1-4,8-11,22-24H,5-7,12-17H2,(H,27,30)(H,28,29)/t23-,24?/m0/s1. The molecule has 0 radical (unpaired) electrons. The van der Waals surface area contributed by atoms with E-state index >= 15 is 0 Å². The Bertz CT molecular complexity index is 928. The molecule has 2 aliphatic rings. The zero-order valence-electron chi connectivity index (χ0n) is 19.1. The van der Waals surface area contributed by atoms with E-state index in [1.807, 2.05) is 36.4 Å². The second-order valence-electron chi connectivity index (χ2n) is 8.46. The van der Waals surface area contributed by atoms with Crippen LogP contribution in [0.5, 0.6) is 0 Å². The molecule has 8 heteroatoms. The first-order chi connectivity index (χ1) is 16.6. The van der Waals surface area contributed by atoms with E-state index in [1.54, 1.807) is 0 Å². The summed E-state index contributed by atoms with van der Waals surface area (Å²) in [6.07, 6.45) is 2.73. The van der Waals surface area contributed by atoms with Crippen LogP contribution in [0.1, 0.15) is 42.7 Å². The SMILES string of the molecule is O=C(N[C@@H](COCCCOC1CCCCO1)C(=O)O)OCC1c2ccccc2-c2ccccc21. The second kappa shape index (κ2) is 12.0. The number of carboxylic acid groups (broad SMARTS) is 1. The summed E-state index contributed by atoms with van der Waals surface area (Å²) in [4.78, 5) is 23.9. The van der Waals surface area contributed by atoms with Crippen molar-refractivity contribution >= 4 is 12.1 Å². The van der Waals surface area contributed by atoms with Crippen LogP contribution < -0.4 is 5.32 Å². The third-order valence-electron chi connectivity index (χ3n) is 6.09. The predicted molar refractivity (Wildman–Crippen MR) is 125 cm³/mol. The van der Waals surface area contributed by atoms with Gasteiger partial charge in [-0.05, 0) is 47.9 Å². The minimum Gasteiger partial charge on any atom is -0.480 e. The molecule has 8 nitrogen and oxygen atoms in total.